The number of halogens is 1. The van der Waals surface area contributed by atoms with Gasteiger partial charge in [-0.3, -0.25) is 4.57 Å². The lowest BCUT2D eigenvalue weighted by Crippen LogP contribution is -2.41. The van der Waals surface area contributed by atoms with Crippen LogP contribution in [-0.4, -0.2) is 54.2 Å². The number of ether oxygens (including phenoxy) is 1. The summed E-state index contributed by atoms with van der Waals surface area (Å²) < 4.78 is 22.2. The summed E-state index contributed by atoms with van der Waals surface area (Å²) in [4.78, 5) is 12.8. The van der Waals surface area contributed by atoms with Crippen LogP contribution in [0.5, 0.6) is 0 Å². The average Bonchev–Trinajstić information content (AvgIpc) is 3.26. The van der Waals surface area contributed by atoms with Gasteiger partial charge in [-0.2, -0.15) is 4.98 Å². The van der Waals surface area contributed by atoms with Crippen LogP contribution in [-0.2, 0) is 11.2 Å². The average molecular weight is 349 g/mol. The Morgan fingerprint density at radius 1 is 1.48 bits per heavy atom. The summed E-state index contributed by atoms with van der Waals surface area (Å²) in [6.45, 7) is 2.95. The molecular formula is C16H20FN5O3. The van der Waals surface area contributed by atoms with E-state index in [1.54, 1.807) is 0 Å². The smallest absolute Gasteiger partial charge is 0.222 e. The highest BCUT2D eigenvalue weighted by molar-refractivity contribution is 5.75. The van der Waals surface area contributed by atoms with Crippen LogP contribution in [0.25, 0.3) is 11.2 Å². The molecular weight excluding hydrogens is 329 g/mol. The number of nitrogen functional groups attached to an aromatic ring is 1. The van der Waals surface area contributed by atoms with Gasteiger partial charge in [-0.25, -0.2) is 14.4 Å². The number of aliphatic hydroxyl groups excluding tert-OH is 2. The molecule has 4 rings (SSSR count). The minimum Gasteiger partial charge on any atom is -0.394 e. The topological polar surface area (TPSA) is 119 Å². The van der Waals surface area contributed by atoms with Crippen LogP contribution in [0.4, 0.5) is 10.3 Å². The molecule has 4 N–H and O–H groups in total. The first-order valence-electron chi connectivity index (χ1n) is 8.23. The zero-order valence-corrected chi connectivity index (χ0v) is 13.5. The molecule has 25 heavy (non-hydrogen) atoms. The van der Waals surface area contributed by atoms with Gasteiger partial charge in [0.2, 0.25) is 11.6 Å². The van der Waals surface area contributed by atoms with Crippen LogP contribution < -0.4 is 5.73 Å². The number of aromatic nitrogens is 4. The third-order valence-electron chi connectivity index (χ3n) is 4.92. The summed E-state index contributed by atoms with van der Waals surface area (Å²) in [5.41, 5.74) is 5.13. The van der Waals surface area contributed by atoms with Crippen LogP contribution in [0, 0.1) is 5.92 Å². The third-order valence-corrected chi connectivity index (χ3v) is 4.92. The number of anilines is 1. The number of rotatable bonds is 5. The first-order chi connectivity index (χ1) is 12.0. The number of aliphatic hydroxyl groups is 2. The van der Waals surface area contributed by atoms with E-state index >= 15 is 4.39 Å². The van der Waals surface area contributed by atoms with Gasteiger partial charge in [-0.1, -0.05) is 6.58 Å². The molecule has 134 valence electrons. The number of hydrogen-bond donors (Lipinski definition) is 3. The molecule has 0 bridgehead atoms. The zero-order chi connectivity index (χ0) is 17.8. The van der Waals surface area contributed by atoms with Crippen LogP contribution in [0.3, 0.4) is 0 Å². The maximum atomic E-state index is 15.3. The van der Waals surface area contributed by atoms with Crippen molar-refractivity contribution in [2.75, 3.05) is 12.3 Å². The Hall–Kier alpha value is -2.10. The van der Waals surface area contributed by atoms with Crippen molar-refractivity contribution in [3.63, 3.8) is 0 Å². The molecule has 0 spiro atoms. The Balaban J connectivity index is 1.81. The van der Waals surface area contributed by atoms with Crippen molar-refractivity contribution in [2.45, 2.75) is 43.4 Å². The van der Waals surface area contributed by atoms with Gasteiger partial charge in [0, 0.05) is 0 Å². The summed E-state index contributed by atoms with van der Waals surface area (Å²) in [7, 11) is 0. The lowest BCUT2D eigenvalue weighted by molar-refractivity contribution is -0.0515. The maximum Gasteiger partial charge on any atom is 0.222 e. The number of nitrogens with two attached hydrogens (primary N) is 1. The normalized spacial score (nSPS) is 32.4. The van der Waals surface area contributed by atoms with Crippen molar-refractivity contribution in [2.24, 2.45) is 5.92 Å². The Morgan fingerprint density at radius 2 is 2.24 bits per heavy atom. The van der Waals surface area contributed by atoms with Crippen molar-refractivity contribution >= 4 is 17.1 Å². The number of nitrogens with zero attached hydrogens (tertiary/aromatic N) is 4. The number of fused-ring (bicyclic) bond motifs is 1. The van der Waals surface area contributed by atoms with Crippen molar-refractivity contribution in [1.29, 1.82) is 0 Å². The lowest BCUT2D eigenvalue weighted by Gasteiger charge is -2.25. The molecule has 0 radical (unpaired) electrons. The van der Waals surface area contributed by atoms with E-state index in [0.29, 0.717) is 17.1 Å². The summed E-state index contributed by atoms with van der Waals surface area (Å²) in [6, 6.07) is 0. The molecule has 1 aliphatic carbocycles. The molecule has 1 saturated carbocycles. The van der Waals surface area contributed by atoms with E-state index in [1.165, 1.54) is 10.9 Å². The molecule has 0 amide bonds. The summed E-state index contributed by atoms with van der Waals surface area (Å²) in [5.74, 6) is 0.643. The third kappa shape index (κ3) is 2.50. The molecule has 9 heteroatoms. The molecule has 3 heterocycles. The fourth-order valence-corrected chi connectivity index (χ4v) is 3.32. The minimum atomic E-state index is -2.29. The SMILES string of the molecule is C=C[C@@]1(F)[C@H](O)[C@@H](CO)O[C@H]1n1cnc2c(CC3CC3)nc(N)nc21. The molecule has 2 aliphatic rings. The number of alkyl halides is 1. The fourth-order valence-electron chi connectivity index (χ4n) is 3.32. The van der Waals surface area contributed by atoms with Crippen LogP contribution in [0.1, 0.15) is 24.8 Å². The molecule has 8 nitrogen and oxygen atoms in total. The Bertz CT molecular complexity index is 823. The van der Waals surface area contributed by atoms with Crippen LogP contribution in [0.15, 0.2) is 19.0 Å². The first-order valence-corrected chi connectivity index (χ1v) is 8.23. The summed E-state index contributed by atoms with van der Waals surface area (Å²) in [6.07, 6.45) is 1.53. The largest absolute Gasteiger partial charge is 0.394 e. The Labute approximate surface area is 143 Å². The van der Waals surface area contributed by atoms with Gasteiger partial charge >= 0.3 is 0 Å². The highest BCUT2D eigenvalue weighted by atomic mass is 19.1. The summed E-state index contributed by atoms with van der Waals surface area (Å²) >= 11 is 0. The summed E-state index contributed by atoms with van der Waals surface area (Å²) in [5, 5.41) is 19.5. The molecule has 4 atom stereocenters. The molecule has 1 saturated heterocycles. The van der Waals surface area contributed by atoms with E-state index in [4.69, 9.17) is 10.5 Å². The van der Waals surface area contributed by atoms with E-state index in [1.807, 2.05) is 0 Å². The van der Waals surface area contributed by atoms with Crippen molar-refractivity contribution in [3.8, 4) is 0 Å². The van der Waals surface area contributed by atoms with Gasteiger partial charge in [0.15, 0.2) is 11.9 Å². The predicted octanol–water partition coefficient (Wildman–Crippen LogP) is 0.506. The van der Waals surface area contributed by atoms with E-state index < -0.39 is 30.7 Å². The van der Waals surface area contributed by atoms with Crippen LogP contribution >= 0.6 is 0 Å². The van der Waals surface area contributed by atoms with Gasteiger partial charge < -0.3 is 20.7 Å². The van der Waals surface area contributed by atoms with E-state index in [0.717, 1.165) is 31.0 Å². The van der Waals surface area contributed by atoms with E-state index in [2.05, 4.69) is 21.5 Å². The quantitative estimate of drug-likeness (QED) is 0.673. The minimum absolute atomic E-state index is 0.0743. The Morgan fingerprint density at radius 3 is 2.88 bits per heavy atom. The molecule has 2 aromatic heterocycles. The standard InChI is InChI=1S/C16H20FN5O3/c1-2-16(17)12(24)10(6-23)25-14(16)22-7-19-11-9(5-8-3-4-8)20-15(18)21-13(11)22/h2,7-8,10,12,14,23-24H,1,3-6H2,(H2,18,20,21)/t10-,12-,14-,16-/m1/s1. The molecule has 2 aromatic rings. The molecule has 2 fully saturated rings. The van der Waals surface area contributed by atoms with Crippen molar-refractivity contribution < 1.29 is 19.3 Å². The maximum absolute atomic E-state index is 15.3. The number of imidazole rings is 1. The van der Waals surface area contributed by atoms with E-state index in [-0.39, 0.29) is 5.95 Å². The second-order valence-electron chi connectivity index (χ2n) is 6.69. The zero-order valence-electron chi connectivity index (χ0n) is 13.5. The fraction of sp³-hybridized carbons (Fsp3) is 0.562. The van der Waals surface area contributed by atoms with Crippen molar-refractivity contribution in [1.82, 2.24) is 19.5 Å². The van der Waals surface area contributed by atoms with E-state index in [9.17, 15) is 10.2 Å². The van der Waals surface area contributed by atoms with Crippen LogP contribution in [0.2, 0.25) is 0 Å². The van der Waals surface area contributed by atoms with Gasteiger partial charge in [0.1, 0.15) is 17.7 Å². The number of hydrogen-bond acceptors (Lipinski definition) is 7. The van der Waals surface area contributed by atoms with Gasteiger partial charge in [-0.05, 0) is 31.3 Å². The lowest BCUT2D eigenvalue weighted by atomic mass is 9.96. The second-order valence-corrected chi connectivity index (χ2v) is 6.69. The monoisotopic (exact) mass is 349 g/mol. The van der Waals surface area contributed by atoms with Gasteiger partial charge in [0.25, 0.3) is 0 Å². The highest BCUT2D eigenvalue weighted by Gasteiger charge is 2.56. The van der Waals surface area contributed by atoms with Crippen molar-refractivity contribution in [3.05, 3.63) is 24.7 Å². The van der Waals surface area contributed by atoms with Gasteiger partial charge in [-0.15, -0.1) is 0 Å². The molecule has 1 aliphatic heterocycles. The second kappa shape index (κ2) is 5.72. The van der Waals surface area contributed by atoms with Gasteiger partial charge in [0.05, 0.1) is 18.6 Å². The molecule has 0 unspecified atom stereocenters. The molecule has 0 aromatic carbocycles. The highest BCUT2D eigenvalue weighted by Crippen LogP contribution is 2.43. The predicted molar refractivity (Wildman–Crippen MR) is 87.2 cm³/mol. The Kier molecular flexibility index (Phi) is 3.75. The first kappa shape index (κ1) is 16.4.